The van der Waals surface area contributed by atoms with E-state index in [1.165, 1.54) is 10.9 Å². The normalized spacial score (nSPS) is 22.1. The first-order valence-corrected chi connectivity index (χ1v) is 13.7. The van der Waals surface area contributed by atoms with Crippen molar-refractivity contribution >= 4 is 42.3 Å². The predicted molar refractivity (Wildman–Crippen MR) is 130 cm³/mol. The summed E-state index contributed by atoms with van der Waals surface area (Å²) in [6.07, 6.45) is -4.74. The fourth-order valence-electron chi connectivity index (χ4n) is 4.44. The zero-order valence-electron chi connectivity index (χ0n) is 21.2. The van der Waals surface area contributed by atoms with Crippen LogP contribution in [0.15, 0.2) is 12.7 Å². The number of imidazole rings is 1. The molecule has 1 aliphatic heterocycles. The van der Waals surface area contributed by atoms with Crippen molar-refractivity contribution in [1.82, 2.24) is 19.5 Å². The Hall–Kier alpha value is -2.81. The van der Waals surface area contributed by atoms with Gasteiger partial charge in [-0.2, -0.15) is 0 Å². The standard InChI is InChI=1S/C22H32N5O10P/c1-4-7-12(28)22(13(29)8-5-2,36-14(30)9-6-3)18-17(37-38(32,33)34)16(31)21(35-18)27-11-26-15-19(23)24-10-25-20(15)27/h10-11,16-18,21,31H,4-9H2,1-3H3,(H2,23,24,25)(H2,32,33,34)/t16-,17+,18+,21-/m1/s1. The van der Waals surface area contributed by atoms with Crippen molar-refractivity contribution in [2.24, 2.45) is 0 Å². The summed E-state index contributed by atoms with van der Waals surface area (Å²) in [5.41, 5.74) is 3.42. The van der Waals surface area contributed by atoms with Crippen LogP contribution in [0.3, 0.4) is 0 Å². The highest BCUT2D eigenvalue weighted by Gasteiger charge is 2.65. The molecule has 5 N–H and O–H groups in total. The first kappa shape index (κ1) is 29.7. The van der Waals surface area contributed by atoms with Crippen LogP contribution < -0.4 is 5.73 Å². The number of aliphatic hydroxyl groups excluding tert-OH is 1. The Kier molecular flexibility index (Phi) is 9.34. The molecule has 0 unspecified atom stereocenters. The molecular weight excluding hydrogens is 525 g/mol. The summed E-state index contributed by atoms with van der Waals surface area (Å²) in [6.45, 7) is 5.02. The van der Waals surface area contributed by atoms with Crippen molar-refractivity contribution < 1.29 is 47.8 Å². The molecule has 16 heteroatoms. The number of ether oxygens (including phenoxy) is 2. The summed E-state index contributed by atoms with van der Waals surface area (Å²) in [6, 6.07) is 0. The average molecular weight is 557 g/mol. The molecule has 0 amide bonds. The van der Waals surface area contributed by atoms with Crippen molar-refractivity contribution in [3.05, 3.63) is 12.7 Å². The summed E-state index contributed by atoms with van der Waals surface area (Å²) in [5.74, 6) is -2.57. The number of ketones is 2. The number of carbonyl (C=O) groups is 3. The minimum Gasteiger partial charge on any atom is -0.440 e. The molecule has 4 atom stereocenters. The third-order valence-corrected chi connectivity index (χ3v) is 6.56. The fraction of sp³-hybridized carbons (Fsp3) is 0.636. The largest absolute Gasteiger partial charge is 0.470 e. The highest BCUT2D eigenvalue weighted by atomic mass is 31.2. The van der Waals surface area contributed by atoms with E-state index in [4.69, 9.17) is 19.7 Å². The highest BCUT2D eigenvalue weighted by Crippen LogP contribution is 2.48. The number of aromatic nitrogens is 4. The lowest BCUT2D eigenvalue weighted by Crippen LogP contribution is -2.62. The van der Waals surface area contributed by atoms with Gasteiger partial charge < -0.3 is 30.1 Å². The second kappa shape index (κ2) is 11.9. The van der Waals surface area contributed by atoms with Crippen LogP contribution in [0.5, 0.6) is 0 Å². The molecule has 38 heavy (non-hydrogen) atoms. The molecule has 1 fully saturated rings. The van der Waals surface area contributed by atoms with Crippen LogP contribution in [0.4, 0.5) is 5.82 Å². The molecule has 0 spiro atoms. The maximum atomic E-state index is 13.6. The van der Waals surface area contributed by atoms with E-state index in [0.29, 0.717) is 6.42 Å². The smallest absolute Gasteiger partial charge is 0.440 e. The third-order valence-electron chi connectivity index (χ3n) is 6.05. The van der Waals surface area contributed by atoms with Gasteiger partial charge in [0.25, 0.3) is 5.60 Å². The van der Waals surface area contributed by atoms with Crippen molar-refractivity contribution in [1.29, 1.82) is 0 Å². The number of fused-ring (bicyclic) bond motifs is 1. The van der Waals surface area contributed by atoms with Gasteiger partial charge in [0.15, 0.2) is 29.3 Å². The molecule has 0 aliphatic carbocycles. The second-order valence-corrected chi connectivity index (χ2v) is 10.1. The minimum atomic E-state index is -5.33. The average Bonchev–Trinajstić information content (AvgIpc) is 3.39. The minimum absolute atomic E-state index is 0.0138. The molecule has 1 aliphatic rings. The van der Waals surface area contributed by atoms with Crippen molar-refractivity contribution in [2.75, 3.05) is 5.73 Å². The molecular formula is C22H32N5O10P. The number of hydrogen-bond donors (Lipinski definition) is 4. The lowest BCUT2D eigenvalue weighted by atomic mass is 9.80. The number of aliphatic hydroxyl groups is 1. The van der Waals surface area contributed by atoms with Gasteiger partial charge >= 0.3 is 13.8 Å². The van der Waals surface area contributed by atoms with E-state index >= 15 is 0 Å². The van der Waals surface area contributed by atoms with E-state index in [-0.39, 0.29) is 49.1 Å². The molecule has 0 bridgehead atoms. The number of phosphoric acid groups is 1. The number of phosphoric ester groups is 1. The highest BCUT2D eigenvalue weighted by molar-refractivity contribution is 7.46. The van der Waals surface area contributed by atoms with Gasteiger partial charge in [0.05, 0.1) is 6.33 Å². The number of esters is 1. The Morgan fingerprint density at radius 3 is 2.24 bits per heavy atom. The molecule has 0 radical (unpaired) electrons. The van der Waals surface area contributed by atoms with Crippen LogP contribution in [-0.4, -0.2) is 75.9 Å². The topological polar surface area (TPSA) is 226 Å². The number of nitrogens with two attached hydrogens (primary N) is 1. The van der Waals surface area contributed by atoms with Crippen molar-refractivity contribution in [3.63, 3.8) is 0 Å². The third kappa shape index (κ3) is 5.77. The first-order chi connectivity index (χ1) is 17.9. The number of nitrogens with zero attached hydrogens (tertiary/aromatic N) is 4. The van der Waals surface area contributed by atoms with Crippen LogP contribution in [0, 0.1) is 0 Å². The summed E-state index contributed by atoms with van der Waals surface area (Å²) in [4.78, 5) is 71.3. The zero-order valence-corrected chi connectivity index (χ0v) is 22.1. The Labute approximate surface area is 217 Å². The van der Waals surface area contributed by atoms with Crippen LogP contribution in [0.25, 0.3) is 11.2 Å². The van der Waals surface area contributed by atoms with Crippen LogP contribution >= 0.6 is 7.82 Å². The number of Topliss-reactive ketones (excluding diaryl/α,β-unsaturated/α-hetero) is 2. The number of anilines is 1. The van der Waals surface area contributed by atoms with E-state index in [1.54, 1.807) is 20.8 Å². The van der Waals surface area contributed by atoms with Gasteiger partial charge in [-0.25, -0.2) is 19.5 Å². The van der Waals surface area contributed by atoms with Crippen molar-refractivity contribution in [3.8, 4) is 0 Å². The maximum absolute atomic E-state index is 13.6. The van der Waals surface area contributed by atoms with E-state index in [1.807, 2.05) is 0 Å². The lowest BCUT2D eigenvalue weighted by Gasteiger charge is -2.37. The molecule has 1 saturated heterocycles. The summed E-state index contributed by atoms with van der Waals surface area (Å²) in [7, 11) is -5.33. The number of hydrogen-bond acceptors (Lipinski definition) is 12. The van der Waals surface area contributed by atoms with E-state index in [0.717, 1.165) is 6.33 Å². The van der Waals surface area contributed by atoms with Crippen LogP contribution in [0.2, 0.25) is 0 Å². The van der Waals surface area contributed by atoms with Gasteiger partial charge in [-0.15, -0.1) is 0 Å². The number of carbonyl (C=O) groups excluding carboxylic acids is 3. The molecule has 3 rings (SSSR count). The predicted octanol–water partition coefficient (Wildman–Crippen LogP) is 0.965. The van der Waals surface area contributed by atoms with Gasteiger partial charge in [-0.1, -0.05) is 20.8 Å². The summed E-state index contributed by atoms with van der Waals surface area (Å²) >= 11 is 0. The SMILES string of the molecule is CCCC(=O)OC(C(=O)CCC)(C(=O)CCC)[C@H]1O[C@@H](n2cnc3c(N)ncnc32)[C@H](O)[C@@H]1OP(=O)(O)O. The van der Waals surface area contributed by atoms with Crippen LogP contribution in [0.1, 0.15) is 65.5 Å². The molecule has 3 heterocycles. The van der Waals surface area contributed by atoms with E-state index < -0.39 is 55.5 Å². The zero-order chi connectivity index (χ0) is 28.3. The lowest BCUT2D eigenvalue weighted by molar-refractivity contribution is -0.195. The maximum Gasteiger partial charge on any atom is 0.470 e. The summed E-state index contributed by atoms with van der Waals surface area (Å²) < 4.78 is 29.6. The van der Waals surface area contributed by atoms with Gasteiger partial charge in [-0.05, 0) is 19.3 Å². The Balaban J connectivity index is 2.23. The van der Waals surface area contributed by atoms with E-state index in [9.17, 15) is 33.8 Å². The Morgan fingerprint density at radius 1 is 1.08 bits per heavy atom. The van der Waals surface area contributed by atoms with Crippen LogP contribution in [-0.2, 0) is 32.9 Å². The van der Waals surface area contributed by atoms with Gasteiger partial charge in [-0.3, -0.25) is 23.5 Å². The quantitative estimate of drug-likeness (QED) is 0.153. The monoisotopic (exact) mass is 557 g/mol. The summed E-state index contributed by atoms with van der Waals surface area (Å²) in [5, 5.41) is 11.2. The molecule has 0 saturated carbocycles. The second-order valence-electron chi connectivity index (χ2n) is 8.89. The van der Waals surface area contributed by atoms with Gasteiger partial charge in [0.1, 0.15) is 30.2 Å². The molecule has 210 valence electrons. The molecule has 2 aromatic rings. The molecule has 2 aromatic heterocycles. The Bertz CT molecular complexity index is 1210. The number of nitrogen functional groups attached to an aromatic ring is 1. The fourth-order valence-corrected chi connectivity index (χ4v) is 5.00. The van der Waals surface area contributed by atoms with Gasteiger partial charge in [0, 0.05) is 19.3 Å². The molecule has 0 aromatic carbocycles. The number of rotatable bonds is 13. The van der Waals surface area contributed by atoms with E-state index in [2.05, 4.69) is 15.0 Å². The first-order valence-electron chi connectivity index (χ1n) is 12.2. The van der Waals surface area contributed by atoms with Crippen molar-refractivity contribution in [2.45, 2.75) is 89.4 Å². The molecule has 15 nitrogen and oxygen atoms in total. The Morgan fingerprint density at radius 2 is 1.68 bits per heavy atom. The van der Waals surface area contributed by atoms with Gasteiger partial charge in [0.2, 0.25) is 0 Å².